The lowest BCUT2D eigenvalue weighted by molar-refractivity contribution is 0.00461. The van der Waals surface area contributed by atoms with Gasteiger partial charge in [-0.05, 0) is 18.4 Å². The van der Waals surface area contributed by atoms with Gasteiger partial charge in [0.1, 0.15) is 6.10 Å². The molecule has 0 N–H and O–H groups in total. The summed E-state index contributed by atoms with van der Waals surface area (Å²) in [7, 11) is 0. The van der Waals surface area contributed by atoms with E-state index < -0.39 is 0 Å². The first kappa shape index (κ1) is 4.42. The molecule has 1 heteroatoms. The first-order valence-electron chi connectivity index (χ1n) is 3.20. The zero-order valence-electron chi connectivity index (χ0n) is 5.00. The van der Waals surface area contributed by atoms with E-state index in [0.29, 0.717) is 6.10 Å². The third-order valence-electron chi connectivity index (χ3n) is 2.19. The van der Waals surface area contributed by atoms with Crippen molar-refractivity contribution in [2.24, 2.45) is 11.8 Å². The van der Waals surface area contributed by atoms with Crippen molar-refractivity contribution in [3.8, 4) is 0 Å². The van der Waals surface area contributed by atoms with Gasteiger partial charge < -0.3 is 4.74 Å². The summed E-state index contributed by atoms with van der Waals surface area (Å²) >= 11 is 0. The minimum absolute atomic E-state index is 0.551. The lowest BCUT2D eigenvalue weighted by Gasteiger charge is -2.35. The largest absolute Gasteiger partial charge is 0.497 e. The topological polar surface area (TPSA) is 9.23 Å². The van der Waals surface area contributed by atoms with Crippen molar-refractivity contribution in [2.75, 3.05) is 0 Å². The molecule has 1 fully saturated rings. The third kappa shape index (κ3) is 0.371. The molecule has 44 valence electrons. The molecular weight excluding hydrogens is 100 g/mol. The van der Waals surface area contributed by atoms with Crippen LogP contribution in [0.1, 0.15) is 13.3 Å². The van der Waals surface area contributed by atoms with Crippen molar-refractivity contribution in [1.82, 2.24) is 0 Å². The highest BCUT2D eigenvalue weighted by molar-refractivity contribution is 5.04. The van der Waals surface area contributed by atoms with E-state index in [0.717, 1.165) is 11.8 Å². The van der Waals surface area contributed by atoms with Gasteiger partial charge in [-0.1, -0.05) is 6.92 Å². The summed E-state index contributed by atoms with van der Waals surface area (Å²) in [4.78, 5) is 0. The average molecular weight is 110 g/mol. The number of hydrogen-bond acceptors (Lipinski definition) is 1. The fourth-order valence-electron chi connectivity index (χ4n) is 1.58. The zero-order chi connectivity index (χ0) is 5.56. The van der Waals surface area contributed by atoms with Gasteiger partial charge in [0.2, 0.25) is 0 Å². The second-order valence-corrected chi connectivity index (χ2v) is 2.81. The third-order valence-corrected chi connectivity index (χ3v) is 2.19. The van der Waals surface area contributed by atoms with E-state index in [1.165, 1.54) is 6.42 Å². The summed E-state index contributed by atoms with van der Waals surface area (Å²) in [6, 6.07) is 0. The van der Waals surface area contributed by atoms with Gasteiger partial charge in [0, 0.05) is 5.92 Å². The second-order valence-electron chi connectivity index (χ2n) is 2.81. The Labute approximate surface area is 49.3 Å². The van der Waals surface area contributed by atoms with Crippen LogP contribution in [-0.2, 0) is 4.74 Å². The van der Waals surface area contributed by atoms with Crippen LogP contribution in [-0.4, -0.2) is 6.10 Å². The van der Waals surface area contributed by atoms with Crippen molar-refractivity contribution in [3.63, 3.8) is 0 Å². The maximum Gasteiger partial charge on any atom is 0.107 e. The minimum Gasteiger partial charge on any atom is -0.497 e. The Hall–Kier alpha value is -0.460. The van der Waals surface area contributed by atoms with Crippen LogP contribution in [0, 0.1) is 11.8 Å². The Balaban J connectivity index is 2.08. The van der Waals surface area contributed by atoms with E-state index in [1.54, 1.807) is 0 Å². The SMILES string of the molecule is CC1CC2C=COC12. The first-order valence-corrected chi connectivity index (χ1v) is 3.20. The number of rotatable bonds is 0. The predicted octanol–water partition coefficient (Wildman–Crippen LogP) is 1.55. The molecule has 2 rings (SSSR count). The highest BCUT2D eigenvalue weighted by atomic mass is 16.5. The Bertz CT molecular complexity index is 128. The highest BCUT2D eigenvalue weighted by Gasteiger charge is 2.40. The maximum absolute atomic E-state index is 5.28. The Kier molecular flexibility index (Phi) is 0.706. The summed E-state index contributed by atoms with van der Waals surface area (Å²) in [6.07, 6.45) is 5.90. The van der Waals surface area contributed by atoms with Gasteiger partial charge in [-0.3, -0.25) is 0 Å². The molecule has 3 unspecified atom stereocenters. The number of hydrogen-bond donors (Lipinski definition) is 0. The molecule has 8 heavy (non-hydrogen) atoms. The molecule has 0 aromatic carbocycles. The summed E-state index contributed by atoms with van der Waals surface area (Å²) < 4.78 is 5.28. The standard InChI is InChI=1S/C7H10O/c1-5-4-6-2-3-8-7(5)6/h2-3,5-7H,4H2,1H3. The van der Waals surface area contributed by atoms with Crippen molar-refractivity contribution >= 4 is 0 Å². The van der Waals surface area contributed by atoms with E-state index in [9.17, 15) is 0 Å². The molecule has 1 aliphatic carbocycles. The normalized spacial score (nSPS) is 49.9. The Morgan fingerprint density at radius 2 is 2.50 bits per heavy atom. The van der Waals surface area contributed by atoms with Gasteiger partial charge in [-0.2, -0.15) is 0 Å². The minimum atomic E-state index is 0.551. The van der Waals surface area contributed by atoms with Crippen LogP contribution in [0.25, 0.3) is 0 Å². The maximum atomic E-state index is 5.28. The summed E-state index contributed by atoms with van der Waals surface area (Å²) in [5.41, 5.74) is 0. The van der Waals surface area contributed by atoms with E-state index in [2.05, 4.69) is 13.0 Å². The van der Waals surface area contributed by atoms with Crippen LogP contribution in [0.4, 0.5) is 0 Å². The lowest BCUT2D eigenvalue weighted by atomic mass is 9.74. The van der Waals surface area contributed by atoms with Gasteiger partial charge in [0.05, 0.1) is 6.26 Å². The zero-order valence-corrected chi connectivity index (χ0v) is 5.00. The molecule has 3 atom stereocenters. The van der Waals surface area contributed by atoms with Crippen molar-refractivity contribution in [3.05, 3.63) is 12.3 Å². The molecule has 1 heterocycles. The molecule has 0 aromatic heterocycles. The van der Waals surface area contributed by atoms with Crippen LogP contribution in [0.5, 0.6) is 0 Å². The molecule has 0 bridgehead atoms. The van der Waals surface area contributed by atoms with Crippen molar-refractivity contribution in [1.29, 1.82) is 0 Å². The number of fused-ring (bicyclic) bond motifs is 1. The smallest absolute Gasteiger partial charge is 0.107 e. The molecule has 0 saturated heterocycles. The molecule has 0 spiro atoms. The molecule has 0 aromatic rings. The molecule has 1 saturated carbocycles. The molecule has 0 amide bonds. The monoisotopic (exact) mass is 110 g/mol. The van der Waals surface area contributed by atoms with E-state index in [1.807, 2.05) is 6.26 Å². The molecule has 0 radical (unpaired) electrons. The summed E-state index contributed by atoms with van der Waals surface area (Å²) in [5.74, 6) is 1.57. The van der Waals surface area contributed by atoms with Crippen molar-refractivity contribution < 1.29 is 4.74 Å². The first-order chi connectivity index (χ1) is 3.88. The molecular formula is C7H10O. The quantitative estimate of drug-likeness (QED) is 0.459. The van der Waals surface area contributed by atoms with Gasteiger partial charge >= 0.3 is 0 Å². The average Bonchev–Trinajstić information content (AvgIpc) is 2.09. The van der Waals surface area contributed by atoms with Gasteiger partial charge in [-0.25, -0.2) is 0 Å². The van der Waals surface area contributed by atoms with Crippen molar-refractivity contribution in [2.45, 2.75) is 19.4 Å². The molecule has 1 nitrogen and oxygen atoms in total. The fourth-order valence-corrected chi connectivity index (χ4v) is 1.58. The lowest BCUT2D eigenvalue weighted by Crippen LogP contribution is -2.37. The molecule has 1 aliphatic heterocycles. The summed E-state index contributed by atoms with van der Waals surface area (Å²) in [6.45, 7) is 2.24. The number of ether oxygens (including phenoxy) is 1. The van der Waals surface area contributed by atoms with E-state index in [-0.39, 0.29) is 0 Å². The van der Waals surface area contributed by atoms with Crippen LogP contribution >= 0.6 is 0 Å². The predicted molar refractivity (Wildman–Crippen MR) is 31.3 cm³/mol. The van der Waals surface area contributed by atoms with E-state index in [4.69, 9.17) is 4.74 Å². The van der Waals surface area contributed by atoms with Crippen LogP contribution in [0.3, 0.4) is 0 Å². The van der Waals surface area contributed by atoms with Crippen LogP contribution < -0.4 is 0 Å². The van der Waals surface area contributed by atoms with Gasteiger partial charge in [0.15, 0.2) is 0 Å². The van der Waals surface area contributed by atoms with E-state index >= 15 is 0 Å². The summed E-state index contributed by atoms with van der Waals surface area (Å²) in [5, 5.41) is 0. The van der Waals surface area contributed by atoms with Crippen LogP contribution in [0.2, 0.25) is 0 Å². The fraction of sp³-hybridized carbons (Fsp3) is 0.714. The highest BCUT2D eigenvalue weighted by Crippen LogP contribution is 2.40. The second kappa shape index (κ2) is 1.28. The Morgan fingerprint density at radius 3 is 3.00 bits per heavy atom. The van der Waals surface area contributed by atoms with Gasteiger partial charge in [-0.15, -0.1) is 0 Å². The molecule has 2 aliphatic rings. The van der Waals surface area contributed by atoms with Gasteiger partial charge in [0.25, 0.3) is 0 Å². The van der Waals surface area contributed by atoms with Crippen LogP contribution in [0.15, 0.2) is 12.3 Å². The Morgan fingerprint density at radius 1 is 1.62 bits per heavy atom.